The number of anilines is 3. The molecule has 2 N–H and O–H groups in total. The number of alkyl halides is 3. The minimum Gasteiger partial charge on any atom is -0.350 e. The predicted molar refractivity (Wildman–Crippen MR) is 111 cm³/mol. The van der Waals surface area contributed by atoms with Crippen molar-refractivity contribution in [2.75, 3.05) is 22.6 Å². The summed E-state index contributed by atoms with van der Waals surface area (Å²) in [4.78, 5) is 26.1. The van der Waals surface area contributed by atoms with Crippen LogP contribution in [0.15, 0.2) is 36.9 Å². The Morgan fingerprint density at radius 3 is 2.66 bits per heavy atom. The smallest absolute Gasteiger partial charge is 0.350 e. The van der Waals surface area contributed by atoms with E-state index in [4.69, 9.17) is 0 Å². The average Bonchev–Trinajstić information content (AvgIpc) is 3.20. The molecule has 0 saturated heterocycles. The summed E-state index contributed by atoms with van der Waals surface area (Å²) in [5, 5.41) is 10.2. The number of likely N-dealkylation sites (N-methyl/N-ethyl adjacent to an activating group) is 1. The van der Waals surface area contributed by atoms with Crippen LogP contribution in [-0.4, -0.2) is 43.7 Å². The zero-order valence-corrected chi connectivity index (χ0v) is 17.4. The number of hydrogen-bond donors (Lipinski definition) is 2. The monoisotopic (exact) mass is 446 g/mol. The molecular formula is C20H21F3N8O. The lowest BCUT2D eigenvalue weighted by molar-refractivity contribution is -0.141. The van der Waals surface area contributed by atoms with Gasteiger partial charge in [0, 0.05) is 31.5 Å². The molecule has 0 saturated carbocycles. The Kier molecular flexibility index (Phi) is 5.68. The van der Waals surface area contributed by atoms with E-state index >= 15 is 0 Å². The van der Waals surface area contributed by atoms with Crippen LogP contribution in [0.3, 0.4) is 0 Å². The van der Waals surface area contributed by atoms with E-state index in [0.717, 1.165) is 11.6 Å². The van der Waals surface area contributed by atoms with Crippen LogP contribution in [-0.2, 0) is 24.1 Å². The molecule has 0 radical (unpaired) electrons. The highest BCUT2D eigenvalue weighted by Crippen LogP contribution is 2.30. The van der Waals surface area contributed by atoms with Gasteiger partial charge < -0.3 is 15.5 Å². The number of rotatable bonds is 6. The van der Waals surface area contributed by atoms with Crippen molar-refractivity contribution >= 4 is 23.4 Å². The Balaban J connectivity index is 1.39. The number of carbonyl (C=O) groups excluding carboxylic acids is 1. The van der Waals surface area contributed by atoms with Gasteiger partial charge in [0.1, 0.15) is 17.4 Å². The summed E-state index contributed by atoms with van der Waals surface area (Å²) in [6.07, 6.45) is 2.39. The minimum absolute atomic E-state index is 0.0810. The Labute approximate surface area is 181 Å². The van der Waals surface area contributed by atoms with Gasteiger partial charge in [0.2, 0.25) is 11.9 Å². The van der Waals surface area contributed by atoms with Crippen LogP contribution in [0.1, 0.15) is 30.2 Å². The van der Waals surface area contributed by atoms with Crippen molar-refractivity contribution in [2.24, 2.45) is 0 Å². The van der Waals surface area contributed by atoms with Gasteiger partial charge in [0.25, 0.3) is 0 Å². The number of pyridine rings is 1. The number of halogens is 3. The molecule has 1 atom stereocenters. The molecule has 0 spiro atoms. The van der Waals surface area contributed by atoms with E-state index in [0.29, 0.717) is 42.5 Å². The van der Waals surface area contributed by atoms with Crippen molar-refractivity contribution in [1.29, 1.82) is 0 Å². The third kappa shape index (κ3) is 4.48. The van der Waals surface area contributed by atoms with Crippen LogP contribution >= 0.6 is 0 Å². The lowest BCUT2D eigenvalue weighted by Crippen LogP contribution is -2.46. The molecule has 1 aliphatic heterocycles. The first-order valence-electron chi connectivity index (χ1n) is 9.92. The van der Waals surface area contributed by atoms with Crippen molar-refractivity contribution in [1.82, 2.24) is 24.7 Å². The maximum Gasteiger partial charge on any atom is 0.433 e. The molecule has 3 aromatic rings. The Morgan fingerprint density at radius 2 is 1.97 bits per heavy atom. The molecule has 3 aromatic heterocycles. The Morgan fingerprint density at radius 1 is 1.16 bits per heavy atom. The second kappa shape index (κ2) is 8.44. The second-order valence-corrected chi connectivity index (χ2v) is 7.40. The van der Waals surface area contributed by atoms with Crippen LogP contribution < -0.4 is 15.5 Å². The van der Waals surface area contributed by atoms with E-state index in [1.54, 1.807) is 23.3 Å². The van der Waals surface area contributed by atoms with Crippen molar-refractivity contribution in [3.05, 3.63) is 53.7 Å². The summed E-state index contributed by atoms with van der Waals surface area (Å²) in [5.41, 5.74) is 1.09. The molecule has 0 fully saturated rings. The molecule has 0 bridgehead atoms. The van der Waals surface area contributed by atoms with Crippen LogP contribution in [0.2, 0.25) is 0 Å². The second-order valence-electron chi connectivity index (χ2n) is 7.40. The molecule has 1 aliphatic rings. The van der Waals surface area contributed by atoms with Crippen molar-refractivity contribution in [2.45, 2.75) is 38.7 Å². The van der Waals surface area contributed by atoms with Crippen LogP contribution in [0.5, 0.6) is 0 Å². The molecule has 4 heterocycles. The maximum absolute atomic E-state index is 12.6. The summed E-state index contributed by atoms with van der Waals surface area (Å²) in [6.45, 7) is 2.63. The standard InChI is InChI=1S/C20H21F3N8O/c1-3-15-18(32)28-14-9-26-19(29-17(14)30(15)2)25-7-13-8-27-31(11-13)10-12-4-5-16(24-6-12)20(21,22)23/h4-6,8-9,11,15H,3,7,10H2,1-2H3,(H,28,32)(H,25,26,29)/t15-/m0/s1. The van der Waals surface area contributed by atoms with Crippen LogP contribution in [0, 0.1) is 0 Å². The molecule has 1 amide bonds. The van der Waals surface area contributed by atoms with Crippen molar-refractivity contribution < 1.29 is 18.0 Å². The summed E-state index contributed by atoms with van der Waals surface area (Å²) in [6, 6.07) is 2.05. The zero-order chi connectivity index (χ0) is 22.9. The first-order valence-corrected chi connectivity index (χ1v) is 9.92. The third-order valence-electron chi connectivity index (χ3n) is 5.11. The first-order chi connectivity index (χ1) is 15.2. The van der Waals surface area contributed by atoms with Gasteiger partial charge in [-0.15, -0.1) is 0 Å². The van der Waals surface area contributed by atoms with Gasteiger partial charge in [0.15, 0.2) is 5.82 Å². The SMILES string of the molecule is CC[C@H]1C(=O)Nc2cnc(NCc3cnn(Cc4ccc(C(F)(F)F)nc4)c3)nc2N1C. The summed E-state index contributed by atoms with van der Waals surface area (Å²) < 4.78 is 39.5. The number of nitrogens with zero attached hydrogens (tertiary/aromatic N) is 6. The molecule has 9 nitrogen and oxygen atoms in total. The first kappa shape index (κ1) is 21.5. The van der Waals surface area contributed by atoms with Gasteiger partial charge in [-0.25, -0.2) is 4.98 Å². The van der Waals surface area contributed by atoms with Crippen molar-refractivity contribution in [3.63, 3.8) is 0 Å². The largest absolute Gasteiger partial charge is 0.433 e. The molecule has 0 aromatic carbocycles. The average molecular weight is 446 g/mol. The van der Waals surface area contributed by atoms with E-state index in [9.17, 15) is 18.0 Å². The summed E-state index contributed by atoms with van der Waals surface area (Å²) in [7, 11) is 1.82. The van der Waals surface area contributed by atoms with Gasteiger partial charge in [-0.1, -0.05) is 13.0 Å². The number of carbonyl (C=O) groups is 1. The Bertz CT molecular complexity index is 1110. The van der Waals surface area contributed by atoms with E-state index in [2.05, 4.69) is 30.7 Å². The van der Waals surface area contributed by atoms with Gasteiger partial charge in [-0.05, 0) is 18.1 Å². The normalized spacial score (nSPS) is 16.0. The highest BCUT2D eigenvalue weighted by molar-refractivity contribution is 6.02. The molecule has 0 unspecified atom stereocenters. The number of aromatic nitrogens is 5. The fourth-order valence-electron chi connectivity index (χ4n) is 3.45. The van der Waals surface area contributed by atoms with E-state index in [1.807, 2.05) is 18.9 Å². The van der Waals surface area contributed by atoms with Gasteiger partial charge in [-0.3, -0.25) is 14.5 Å². The topological polar surface area (TPSA) is 101 Å². The molecule has 168 valence electrons. The quantitative estimate of drug-likeness (QED) is 0.600. The fourth-order valence-corrected chi connectivity index (χ4v) is 3.45. The molecular weight excluding hydrogens is 425 g/mol. The van der Waals surface area contributed by atoms with Gasteiger partial charge >= 0.3 is 6.18 Å². The van der Waals surface area contributed by atoms with Crippen molar-refractivity contribution in [3.8, 4) is 0 Å². The Hall–Kier alpha value is -3.70. The predicted octanol–water partition coefficient (Wildman–Crippen LogP) is 2.91. The lowest BCUT2D eigenvalue weighted by atomic mass is 10.1. The number of amides is 1. The van der Waals surface area contributed by atoms with Crippen LogP contribution in [0.4, 0.5) is 30.6 Å². The molecule has 32 heavy (non-hydrogen) atoms. The summed E-state index contributed by atoms with van der Waals surface area (Å²) in [5.74, 6) is 0.961. The summed E-state index contributed by atoms with van der Waals surface area (Å²) >= 11 is 0. The highest BCUT2D eigenvalue weighted by atomic mass is 19.4. The van der Waals surface area contributed by atoms with Crippen LogP contribution in [0.25, 0.3) is 0 Å². The molecule has 0 aliphatic carbocycles. The number of fused-ring (bicyclic) bond motifs is 1. The maximum atomic E-state index is 12.6. The van der Waals surface area contributed by atoms with E-state index in [-0.39, 0.29) is 11.9 Å². The highest BCUT2D eigenvalue weighted by Gasteiger charge is 2.32. The minimum atomic E-state index is -4.46. The number of nitrogens with one attached hydrogen (secondary N) is 2. The molecule has 4 rings (SSSR count). The van der Waals surface area contributed by atoms with Gasteiger partial charge in [-0.2, -0.15) is 23.3 Å². The van der Waals surface area contributed by atoms with E-state index in [1.165, 1.54) is 12.3 Å². The van der Waals surface area contributed by atoms with Gasteiger partial charge in [0.05, 0.1) is 18.9 Å². The third-order valence-corrected chi connectivity index (χ3v) is 5.11. The van der Waals surface area contributed by atoms with E-state index < -0.39 is 11.9 Å². The zero-order valence-electron chi connectivity index (χ0n) is 17.4. The lowest BCUT2D eigenvalue weighted by Gasteiger charge is -2.33. The molecule has 12 heteroatoms. The number of hydrogen-bond acceptors (Lipinski definition) is 7. The fraction of sp³-hybridized carbons (Fsp3) is 0.350.